The number of ether oxygens (including phenoxy) is 2. The van der Waals surface area contributed by atoms with Crippen molar-refractivity contribution in [2.75, 3.05) is 13.2 Å². The first-order valence-corrected chi connectivity index (χ1v) is 5.23. The molecule has 0 saturated heterocycles. The number of hydrazone groups is 1. The van der Waals surface area contributed by atoms with Crippen molar-refractivity contribution >= 4 is 17.4 Å². The highest BCUT2D eigenvalue weighted by molar-refractivity contribution is 6.32. The van der Waals surface area contributed by atoms with Crippen LogP contribution in [0.1, 0.15) is 12.0 Å². The third-order valence-electron chi connectivity index (χ3n) is 2.24. The fourth-order valence-corrected chi connectivity index (χ4v) is 1.72. The molecular weight excluding hydrogens is 230 g/mol. The highest BCUT2D eigenvalue weighted by atomic mass is 35.5. The van der Waals surface area contributed by atoms with Crippen LogP contribution >= 0.6 is 11.6 Å². The van der Waals surface area contributed by atoms with Gasteiger partial charge in [-0.2, -0.15) is 5.10 Å². The fraction of sp³-hybridized carbons (Fsp3) is 0.300. The molecule has 0 radical (unpaired) electrons. The molecule has 86 valence electrons. The Hall–Kier alpha value is -1.62. The van der Waals surface area contributed by atoms with Crippen LogP contribution in [0.25, 0.3) is 0 Å². The van der Waals surface area contributed by atoms with Gasteiger partial charge in [0.15, 0.2) is 11.5 Å². The van der Waals surface area contributed by atoms with Gasteiger partial charge in [0.25, 0.3) is 0 Å². The van der Waals surface area contributed by atoms with Crippen molar-refractivity contribution in [3.63, 3.8) is 0 Å². The Morgan fingerprint density at radius 2 is 2.06 bits per heavy atom. The Morgan fingerprint density at radius 1 is 1.31 bits per heavy atom. The van der Waals surface area contributed by atoms with E-state index in [-0.39, 0.29) is 5.84 Å². The van der Waals surface area contributed by atoms with E-state index in [9.17, 15) is 0 Å². The van der Waals surface area contributed by atoms with Gasteiger partial charge in [0.2, 0.25) is 0 Å². The summed E-state index contributed by atoms with van der Waals surface area (Å²) in [6.45, 7) is 1.18. The van der Waals surface area contributed by atoms with Gasteiger partial charge >= 0.3 is 0 Å². The van der Waals surface area contributed by atoms with E-state index in [0.717, 1.165) is 6.42 Å². The monoisotopic (exact) mass is 241 g/mol. The van der Waals surface area contributed by atoms with E-state index in [1.807, 2.05) is 0 Å². The molecule has 5 nitrogen and oxygen atoms in total. The van der Waals surface area contributed by atoms with Crippen molar-refractivity contribution < 1.29 is 9.47 Å². The molecule has 1 aliphatic heterocycles. The van der Waals surface area contributed by atoms with Crippen LogP contribution in [0.15, 0.2) is 17.2 Å². The zero-order chi connectivity index (χ0) is 11.5. The lowest BCUT2D eigenvalue weighted by Crippen LogP contribution is -2.15. The fourth-order valence-electron chi connectivity index (χ4n) is 1.45. The topological polar surface area (TPSA) is 82.9 Å². The van der Waals surface area contributed by atoms with Crippen LogP contribution in [0.4, 0.5) is 0 Å². The van der Waals surface area contributed by atoms with Gasteiger partial charge in [-0.15, -0.1) is 0 Å². The molecule has 0 bridgehead atoms. The van der Waals surface area contributed by atoms with Gasteiger partial charge in [-0.3, -0.25) is 0 Å². The van der Waals surface area contributed by atoms with Gasteiger partial charge in [0.05, 0.1) is 18.2 Å². The first-order chi connectivity index (χ1) is 7.72. The third-order valence-corrected chi connectivity index (χ3v) is 2.52. The van der Waals surface area contributed by atoms with E-state index in [4.69, 9.17) is 32.7 Å². The molecule has 1 heterocycles. The molecule has 0 spiro atoms. The van der Waals surface area contributed by atoms with E-state index >= 15 is 0 Å². The van der Waals surface area contributed by atoms with Crippen LogP contribution in [0.2, 0.25) is 5.02 Å². The summed E-state index contributed by atoms with van der Waals surface area (Å²) in [4.78, 5) is 0. The number of nitrogens with two attached hydrogens (primary N) is 2. The molecule has 2 rings (SSSR count). The van der Waals surface area contributed by atoms with Crippen LogP contribution in [-0.2, 0) is 0 Å². The number of rotatable bonds is 1. The lowest BCUT2D eigenvalue weighted by molar-refractivity contribution is 0.297. The molecule has 0 amide bonds. The zero-order valence-electron chi connectivity index (χ0n) is 8.57. The number of amidine groups is 1. The van der Waals surface area contributed by atoms with Gasteiger partial charge in [0.1, 0.15) is 5.84 Å². The van der Waals surface area contributed by atoms with Crippen molar-refractivity contribution in [3.05, 3.63) is 22.7 Å². The molecule has 0 aliphatic carbocycles. The van der Waals surface area contributed by atoms with Crippen LogP contribution in [-0.4, -0.2) is 19.0 Å². The predicted octanol–water partition coefficient (Wildman–Crippen LogP) is 1.08. The molecule has 0 fully saturated rings. The van der Waals surface area contributed by atoms with Crippen molar-refractivity contribution in [1.29, 1.82) is 0 Å². The molecular formula is C10H12ClN3O2. The number of hydrogen-bond acceptors (Lipinski definition) is 4. The Balaban J connectivity index is 2.47. The summed E-state index contributed by atoms with van der Waals surface area (Å²) in [7, 11) is 0. The van der Waals surface area contributed by atoms with Gasteiger partial charge in [-0.05, 0) is 12.1 Å². The number of hydrogen-bond donors (Lipinski definition) is 2. The van der Waals surface area contributed by atoms with E-state index in [2.05, 4.69) is 5.10 Å². The summed E-state index contributed by atoms with van der Waals surface area (Å²) in [6, 6.07) is 3.37. The molecule has 16 heavy (non-hydrogen) atoms. The minimum atomic E-state index is 0.206. The van der Waals surface area contributed by atoms with Gasteiger partial charge in [0, 0.05) is 12.0 Å². The second-order valence-corrected chi connectivity index (χ2v) is 3.76. The normalized spacial score (nSPS) is 15.7. The molecule has 4 N–H and O–H groups in total. The number of fused-ring (bicyclic) bond motifs is 1. The summed E-state index contributed by atoms with van der Waals surface area (Å²) in [5, 5.41) is 3.86. The Kier molecular flexibility index (Phi) is 3.05. The molecule has 0 saturated carbocycles. The average molecular weight is 242 g/mol. The predicted molar refractivity (Wildman–Crippen MR) is 62.0 cm³/mol. The van der Waals surface area contributed by atoms with E-state index in [0.29, 0.717) is 35.3 Å². The smallest absolute Gasteiger partial charge is 0.179 e. The van der Waals surface area contributed by atoms with Crippen molar-refractivity contribution in [2.45, 2.75) is 6.42 Å². The third kappa shape index (κ3) is 1.99. The van der Waals surface area contributed by atoms with Crippen LogP contribution in [0.5, 0.6) is 11.5 Å². The van der Waals surface area contributed by atoms with E-state index in [1.54, 1.807) is 12.1 Å². The highest BCUT2D eigenvalue weighted by Gasteiger charge is 2.16. The van der Waals surface area contributed by atoms with Crippen molar-refractivity contribution in [2.24, 2.45) is 16.7 Å². The molecule has 1 aromatic rings. The molecule has 0 aromatic heterocycles. The average Bonchev–Trinajstić information content (AvgIpc) is 2.53. The second-order valence-electron chi connectivity index (χ2n) is 3.35. The summed E-state index contributed by atoms with van der Waals surface area (Å²) in [5.74, 6) is 6.44. The maximum atomic E-state index is 6.06. The van der Waals surface area contributed by atoms with Crippen LogP contribution < -0.4 is 21.1 Å². The van der Waals surface area contributed by atoms with Crippen molar-refractivity contribution in [1.82, 2.24) is 0 Å². The van der Waals surface area contributed by atoms with E-state index < -0.39 is 0 Å². The van der Waals surface area contributed by atoms with Gasteiger partial charge in [-0.1, -0.05) is 11.6 Å². The largest absolute Gasteiger partial charge is 0.489 e. The minimum Gasteiger partial charge on any atom is -0.489 e. The minimum absolute atomic E-state index is 0.206. The zero-order valence-corrected chi connectivity index (χ0v) is 9.33. The first kappa shape index (κ1) is 10.9. The molecule has 1 aliphatic rings. The molecule has 0 unspecified atom stereocenters. The van der Waals surface area contributed by atoms with Crippen LogP contribution in [0, 0.1) is 0 Å². The quantitative estimate of drug-likeness (QED) is 0.334. The van der Waals surface area contributed by atoms with E-state index in [1.165, 1.54) is 0 Å². The second kappa shape index (κ2) is 4.49. The molecule has 6 heteroatoms. The maximum absolute atomic E-state index is 6.06. The number of nitrogens with zero attached hydrogens (tertiary/aromatic N) is 1. The summed E-state index contributed by atoms with van der Waals surface area (Å²) in [6.07, 6.45) is 0.820. The van der Waals surface area contributed by atoms with Gasteiger partial charge in [-0.25, -0.2) is 0 Å². The lowest BCUT2D eigenvalue weighted by Gasteiger charge is -2.10. The Morgan fingerprint density at radius 3 is 2.81 bits per heavy atom. The van der Waals surface area contributed by atoms with Crippen LogP contribution in [0.3, 0.4) is 0 Å². The first-order valence-electron chi connectivity index (χ1n) is 4.85. The van der Waals surface area contributed by atoms with Crippen molar-refractivity contribution in [3.8, 4) is 11.5 Å². The summed E-state index contributed by atoms with van der Waals surface area (Å²) >= 11 is 6.06. The number of halogens is 1. The lowest BCUT2D eigenvalue weighted by atomic mass is 10.2. The molecule has 0 atom stereocenters. The Labute approximate surface area is 98.0 Å². The summed E-state index contributed by atoms with van der Waals surface area (Å²) in [5.41, 5.74) is 6.23. The SMILES string of the molecule is N/N=C(/N)c1cc(Cl)c2c(c1)OCCCO2. The molecule has 1 aromatic carbocycles. The van der Waals surface area contributed by atoms with Gasteiger partial charge < -0.3 is 21.1 Å². The Bertz CT molecular complexity index is 434. The standard InChI is InChI=1S/C10H12ClN3O2/c11-7-4-6(10(12)14-13)5-8-9(7)16-3-1-2-15-8/h4-5H,1-3,13H2,(H2,12,14). The number of benzene rings is 1. The summed E-state index contributed by atoms with van der Waals surface area (Å²) < 4.78 is 11.0. The highest BCUT2D eigenvalue weighted by Crippen LogP contribution is 2.37. The maximum Gasteiger partial charge on any atom is 0.179 e.